The Kier molecular flexibility index (Phi) is 5.07. The molecule has 0 aliphatic carbocycles. The number of nitrogens with zero attached hydrogens (tertiary/aromatic N) is 2. The van der Waals surface area contributed by atoms with Crippen LogP contribution >= 0.6 is 11.6 Å². The molecule has 1 amide bonds. The second kappa shape index (κ2) is 7.39. The molecule has 1 unspecified atom stereocenters. The number of sulfonamides is 1. The Hall–Kier alpha value is -2.09. The molecule has 2 aliphatic heterocycles. The fourth-order valence-corrected chi connectivity index (χ4v) is 5.70. The molecule has 0 N–H and O–H groups in total. The highest BCUT2D eigenvalue weighted by molar-refractivity contribution is 7.89. The molecule has 2 heterocycles. The third kappa shape index (κ3) is 3.38. The predicted molar refractivity (Wildman–Crippen MR) is 107 cm³/mol. The van der Waals surface area contributed by atoms with Crippen molar-refractivity contribution in [2.75, 3.05) is 24.6 Å². The number of ether oxygens (including phenoxy) is 1. The first-order valence-corrected chi connectivity index (χ1v) is 11.0. The van der Waals surface area contributed by atoms with Crippen molar-refractivity contribution in [3.05, 3.63) is 53.1 Å². The average Bonchev–Trinajstić information content (AvgIpc) is 3.18. The Morgan fingerprint density at radius 2 is 1.89 bits per heavy atom. The largest absolute Gasteiger partial charge is 0.490 e. The molecule has 1 atom stereocenters. The van der Waals surface area contributed by atoms with Gasteiger partial charge < -0.3 is 9.64 Å². The first-order valence-electron chi connectivity index (χ1n) is 9.20. The maximum atomic E-state index is 13.4. The van der Waals surface area contributed by atoms with Crippen LogP contribution in [0, 0.1) is 0 Å². The average molecular weight is 421 g/mol. The highest BCUT2D eigenvalue weighted by atomic mass is 35.5. The van der Waals surface area contributed by atoms with E-state index >= 15 is 0 Å². The van der Waals surface area contributed by atoms with Crippen LogP contribution < -0.4 is 9.64 Å². The number of hydrogen-bond acceptors (Lipinski definition) is 4. The first-order chi connectivity index (χ1) is 13.4. The quantitative estimate of drug-likeness (QED) is 0.760. The maximum Gasteiger partial charge on any atom is 0.243 e. The summed E-state index contributed by atoms with van der Waals surface area (Å²) < 4.78 is 33.9. The van der Waals surface area contributed by atoms with Crippen molar-refractivity contribution < 1.29 is 17.9 Å². The lowest BCUT2D eigenvalue weighted by Gasteiger charge is -2.30. The lowest BCUT2D eigenvalue weighted by molar-refractivity contribution is -0.116. The molecule has 2 aromatic carbocycles. The zero-order valence-corrected chi connectivity index (χ0v) is 17.0. The number of carbonyl (C=O) groups is 1. The number of amides is 1. The zero-order chi connectivity index (χ0) is 19.9. The van der Waals surface area contributed by atoms with Crippen LogP contribution in [0.4, 0.5) is 5.69 Å². The summed E-state index contributed by atoms with van der Waals surface area (Å²) in [6.07, 6.45) is 1.55. The van der Waals surface area contributed by atoms with Crippen LogP contribution in [0.2, 0.25) is 5.02 Å². The third-order valence-electron chi connectivity index (χ3n) is 5.24. The van der Waals surface area contributed by atoms with Gasteiger partial charge in [0, 0.05) is 18.5 Å². The SMILES string of the molecule is CC(=O)N1CCOc2ccc(S(=O)(=O)N3CCCC3c3ccc(Cl)cc3)cc21. The summed E-state index contributed by atoms with van der Waals surface area (Å²) in [6.45, 7) is 2.72. The van der Waals surface area contributed by atoms with Gasteiger partial charge in [0.2, 0.25) is 15.9 Å². The van der Waals surface area contributed by atoms with E-state index in [1.54, 1.807) is 39.5 Å². The second-order valence-electron chi connectivity index (χ2n) is 6.97. The van der Waals surface area contributed by atoms with Crippen molar-refractivity contribution in [3.8, 4) is 5.75 Å². The van der Waals surface area contributed by atoms with Gasteiger partial charge in [-0.25, -0.2) is 8.42 Å². The molecule has 6 nitrogen and oxygen atoms in total. The minimum Gasteiger partial charge on any atom is -0.490 e. The predicted octanol–water partition coefficient (Wildman–Crippen LogP) is 3.61. The molecule has 0 bridgehead atoms. The van der Waals surface area contributed by atoms with Gasteiger partial charge in [-0.05, 0) is 48.7 Å². The normalized spacial score (nSPS) is 19.9. The first kappa shape index (κ1) is 19.2. The Morgan fingerprint density at radius 3 is 2.61 bits per heavy atom. The molecule has 0 saturated carbocycles. The summed E-state index contributed by atoms with van der Waals surface area (Å²) >= 11 is 5.97. The molecule has 2 aromatic rings. The molecule has 1 saturated heterocycles. The van der Waals surface area contributed by atoms with Crippen molar-refractivity contribution >= 4 is 33.2 Å². The van der Waals surface area contributed by atoms with Gasteiger partial charge in [0.25, 0.3) is 0 Å². The molecular weight excluding hydrogens is 400 g/mol. The van der Waals surface area contributed by atoms with E-state index in [-0.39, 0.29) is 16.8 Å². The van der Waals surface area contributed by atoms with Gasteiger partial charge in [0.15, 0.2) is 0 Å². The molecule has 0 spiro atoms. The summed E-state index contributed by atoms with van der Waals surface area (Å²) in [4.78, 5) is 13.7. The van der Waals surface area contributed by atoms with Gasteiger partial charge >= 0.3 is 0 Å². The zero-order valence-electron chi connectivity index (χ0n) is 15.5. The second-order valence-corrected chi connectivity index (χ2v) is 9.30. The Morgan fingerprint density at radius 1 is 1.14 bits per heavy atom. The Labute approximate surface area is 169 Å². The summed E-state index contributed by atoms with van der Waals surface area (Å²) in [5.41, 5.74) is 1.43. The minimum absolute atomic E-state index is 0.140. The van der Waals surface area contributed by atoms with Crippen LogP contribution in [-0.2, 0) is 14.8 Å². The van der Waals surface area contributed by atoms with E-state index in [2.05, 4.69) is 0 Å². The van der Waals surface area contributed by atoms with E-state index in [4.69, 9.17) is 16.3 Å². The fourth-order valence-electron chi connectivity index (χ4n) is 3.87. The topological polar surface area (TPSA) is 66.9 Å². The molecule has 1 fully saturated rings. The van der Waals surface area contributed by atoms with Crippen molar-refractivity contribution in [1.29, 1.82) is 0 Å². The number of halogens is 1. The van der Waals surface area contributed by atoms with E-state index in [0.29, 0.717) is 36.2 Å². The summed E-state index contributed by atoms with van der Waals surface area (Å²) in [5, 5.41) is 0.621. The molecule has 4 rings (SSSR count). The summed E-state index contributed by atoms with van der Waals surface area (Å²) in [6, 6.07) is 11.8. The smallest absolute Gasteiger partial charge is 0.243 e. The summed E-state index contributed by atoms with van der Waals surface area (Å²) in [5.74, 6) is 0.385. The number of anilines is 1. The van der Waals surface area contributed by atoms with Gasteiger partial charge in [0.1, 0.15) is 12.4 Å². The molecule has 2 aliphatic rings. The van der Waals surface area contributed by atoms with E-state index < -0.39 is 10.0 Å². The van der Waals surface area contributed by atoms with Crippen molar-refractivity contribution in [1.82, 2.24) is 4.31 Å². The molecule has 8 heteroatoms. The van der Waals surface area contributed by atoms with Crippen LogP contribution in [0.15, 0.2) is 47.4 Å². The number of fused-ring (bicyclic) bond motifs is 1. The number of benzene rings is 2. The van der Waals surface area contributed by atoms with Gasteiger partial charge in [-0.3, -0.25) is 4.79 Å². The summed E-state index contributed by atoms with van der Waals surface area (Å²) in [7, 11) is -3.72. The number of hydrogen-bond donors (Lipinski definition) is 0. The highest BCUT2D eigenvalue weighted by Crippen LogP contribution is 2.39. The van der Waals surface area contributed by atoms with E-state index in [1.807, 2.05) is 12.1 Å². The minimum atomic E-state index is -3.72. The van der Waals surface area contributed by atoms with Gasteiger partial charge in [-0.1, -0.05) is 23.7 Å². The van der Waals surface area contributed by atoms with Gasteiger partial charge in [-0.15, -0.1) is 0 Å². The van der Waals surface area contributed by atoms with E-state index in [0.717, 1.165) is 18.4 Å². The standard InChI is InChI=1S/C20H21ClN2O4S/c1-14(24)22-11-12-27-20-9-8-17(13-19(20)22)28(25,26)23-10-2-3-18(23)15-4-6-16(21)7-5-15/h4-9,13,18H,2-3,10-12H2,1H3. The third-order valence-corrected chi connectivity index (χ3v) is 7.39. The van der Waals surface area contributed by atoms with Crippen molar-refractivity contribution in [3.63, 3.8) is 0 Å². The van der Waals surface area contributed by atoms with Crippen molar-refractivity contribution in [2.45, 2.75) is 30.7 Å². The Bertz CT molecular complexity index is 1010. The van der Waals surface area contributed by atoms with E-state index in [9.17, 15) is 13.2 Å². The van der Waals surface area contributed by atoms with Crippen LogP contribution in [-0.4, -0.2) is 38.3 Å². The van der Waals surface area contributed by atoms with Gasteiger partial charge in [-0.2, -0.15) is 4.31 Å². The lowest BCUT2D eigenvalue weighted by atomic mass is 10.1. The highest BCUT2D eigenvalue weighted by Gasteiger charge is 2.37. The number of rotatable bonds is 3. The van der Waals surface area contributed by atoms with Gasteiger partial charge in [0.05, 0.1) is 23.2 Å². The van der Waals surface area contributed by atoms with Crippen LogP contribution in [0.1, 0.15) is 31.4 Å². The molecule has 0 aromatic heterocycles. The maximum absolute atomic E-state index is 13.4. The lowest BCUT2D eigenvalue weighted by Crippen LogP contribution is -2.36. The molecule has 148 valence electrons. The van der Waals surface area contributed by atoms with Crippen LogP contribution in [0.5, 0.6) is 5.75 Å². The van der Waals surface area contributed by atoms with Crippen molar-refractivity contribution in [2.24, 2.45) is 0 Å². The van der Waals surface area contributed by atoms with Crippen LogP contribution in [0.25, 0.3) is 0 Å². The number of carbonyl (C=O) groups excluding carboxylic acids is 1. The fraction of sp³-hybridized carbons (Fsp3) is 0.350. The van der Waals surface area contributed by atoms with Crippen LogP contribution in [0.3, 0.4) is 0 Å². The monoisotopic (exact) mass is 420 g/mol. The molecule has 28 heavy (non-hydrogen) atoms. The van der Waals surface area contributed by atoms with E-state index in [1.165, 1.54) is 6.92 Å². The Balaban J connectivity index is 1.71. The molecule has 0 radical (unpaired) electrons. The molecular formula is C20H21ClN2O4S.